The number of rotatable bonds is 13. The van der Waals surface area contributed by atoms with E-state index in [2.05, 4.69) is 41.6 Å². The molecular weight excluding hydrogens is 519 g/mol. The first kappa shape index (κ1) is 28.0. The number of likely N-dealkylation sites (N-methyl/N-ethyl adjacent to an activating group) is 1. The summed E-state index contributed by atoms with van der Waals surface area (Å²) in [5.74, 6) is 2.49. The number of hydrogen-bond donors (Lipinski definition) is 2. The molecule has 8 heteroatoms. The molecule has 0 aliphatic rings. The molecule has 0 bridgehead atoms. The van der Waals surface area contributed by atoms with E-state index in [1.165, 1.54) is 0 Å². The first-order valence-electron chi connectivity index (χ1n) is 10.7. The fraction of sp³-hybridized carbons (Fsp3) is 0.458. The van der Waals surface area contributed by atoms with Gasteiger partial charge in [-0.15, -0.1) is 24.0 Å². The van der Waals surface area contributed by atoms with E-state index in [1.807, 2.05) is 36.4 Å². The molecular formula is C24H37IN4O3. The molecule has 2 aromatic rings. The number of aliphatic imine (C=N–C) groups is 1. The number of benzene rings is 2. The summed E-state index contributed by atoms with van der Waals surface area (Å²) in [5.41, 5.74) is 2.24. The summed E-state index contributed by atoms with van der Waals surface area (Å²) in [6, 6.07) is 16.1. The first-order chi connectivity index (χ1) is 15.1. The highest BCUT2D eigenvalue weighted by Crippen LogP contribution is 2.14. The monoisotopic (exact) mass is 556 g/mol. The molecule has 0 saturated carbocycles. The molecule has 0 aliphatic carbocycles. The van der Waals surface area contributed by atoms with Gasteiger partial charge in [-0.3, -0.25) is 0 Å². The third kappa shape index (κ3) is 11.0. The first-order valence-corrected chi connectivity index (χ1v) is 10.7. The van der Waals surface area contributed by atoms with Crippen LogP contribution < -0.4 is 20.1 Å². The van der Waals surface area contributed by atoms with Crippen LogP contribution in [-0.2, 0) is 17.8 Å². The summed E-state index contributed by atoms with van der Waals surface area (Å²) in [6.07, 6.45) is 0. The number of nitrogens with one attached hydrogen (secondary N) is 2. The lowest BCUT2D eigenvalue weighted by Crippen LogP contribution is -2.36. The predicted octanol–water partition coefficient (Wildman–Crippen LogP) is 3.53. The van der Waals surface area contributed by atoms with E-state index in [4.69, 9.17) is 19.2 Å². The molecule has 0 fully saturated rings. The van der Waals surface area contributed by atoms with Crippen molar-refractivity contribution < 1.29 is 14.2 Å². The lowest BCUT2D eigenvalue weighted by molar-refractivity contribution is 0.150. The van der Waals surface area contributed by atoms with Crippen LogP contribution in [-0.4, -0.2) is 65.0 Å². The van der Waals surface area contributed by atoms with E-state index in [0.29, 0.717) is 19.7 Å². The van der Waals surface area contributed by atoms with Crippen LogP contribution in [0.3, 0.4) is 0 Å². The van der Waals surface area contributed by atoms with Gasteiger partial charge in [-0.05, 0) is 49.4 Å². The molecule has 0 radical (unpaired) electrons. The SMILES string of the molecule is CCNC(=NCc1cccc(OCCN(C)CCOC)c1)NCc1cccc(OC)c1.I. The van der Waals surface area contributed by atoms with E-state index in [0.717, 1.165) is 54.8 Å². The molecule has 2 aromatic carbocycles. The summed E-state index contributed by atoms with van der Waals surface area (Å²) < 4.78 is 16.3. The van der Waals surface area contributed by atoms with Gasteiger partial charge in [-0.25, -0.2) is 4.99 Å². The Morgan fingerprint density at radius 2 is 1.62 bits per heavy atom. The van der Waals surface area contributed by atoms with Gasteiger partial charge in [0.05, 0.1) is 20.3 Å². The Hall–Kier alpha value is -2.04. The third-order valence-electron chi connectivity index (χ3n) is 4.68. The number of guanidine groups is 1. The van der Waals surface area contributed by atoms with Gasteiger partial charge in [-0.1, -0.05) is 24.3 Å². The summed E-state index contributed by atoms with van der Waals surface area (Å²) in [7, 11) is 5.46. The maximum absolute atomic E-state index is 5.90. The van der Waals surface area contributed by atoms with Gasteiger partial charge in [-0.2, -0.15) is 0 Å². The standard InChI is InChI=1S/C24H36N4O3.HI/c1-5-25-24(26-18-20-8-6-10-22(16-20)30-4)27-19-21-9-7-11-23(17-21)31-15-13-28(2)12-14-29-3;/h6-11,16-17H,5,12-15,18-19H2,1-4H3,(H2,25,26,27);1H. The second-order valence-electron chi connectivity index (χ2n) is 7.19. The summed E-state index contributed by atoms with van der Waals surface area (Å²) in [4.78, 5) is 6.90. The van der Waals surface area contributed by atoms with Crippen LogP contribution in [0.15, 0.2) is 53.5 Å². The molecule has 7 nitrogen and oxygen atoms in total. The predicted molar refractivity (Wildman–Crippen MR) is 141 cm³/mol. The Balaban J connectivity index is 0.00000512. The van der Waals surface area contributed by atoms with Crippen LogP contribution in [0, 0.1) is 0 Å². The van der Waals surface area contributed by atoms with Crippen molar-refractivity contribution in [1.82, 2.24) is 15.5 Å². The Labute approximate surface area is 209 Å². The summed E-state index contributed by atoms with van der Waals surface area (Å²) in [6.45, 7) is 7.20. The Morgan fingerprint density at radius 1 is 0.938 bits per heavy atom. The molecule has 32 heavy (non-hydrogen) atoms. The Morgan fingerprint density at radius 3 is 2.34 bits per heavy atom. The fourth-order valence-electron chi connectivity index (χ4n) is 2.89. The molecule has 2 rings (SSSR count). The number of nitrogens with zero attached hydrogens (tertiary/aromatic N) is 2. The summed E-state index contributed by atoms with van der Waals surface area (Å²) in [5, 5.41) is 6.66. The lowest BCUT2D eigenvalue weighted by Gasteiger charge is -2.16. The zero-order valence-electron chi connectivity index (χ0n) is 19.6. The van der Waals surface area contributed by atoms with E-state index >= 15 is 0 Å². The van der Waals surface area contributed by atoms with Crippen LogP contribution in [0.25, 0.3) is 0 Å². The minimum Gasteiger partial charge on any atom is -0.497 e. The van der Waals surface area contributed by atoms with Crippen molar-refractivity contribution in [3.63, 3.8) is 0 Å². The van der Waals surface area contributed by atoms with Gasteiger partial charge >= 0.3 is 0 Å². The fourth-order valence-corrected chi connectivity index (χ4v) is 2.89. The molecule has 0 amide bonds. The minimum absolute atomic E-state index is 0. The number of ether oxygens (including phenoxy) is 3. The maximum atomic E-state index is 5.90. The average molecular weight is 556 g/mol. The third-order valence-corrected chi connectivity index (χ3v) is 4.68. The summed E-state index contributed by atoms with van der Waals surface area (Å²) >= 11 is 0. The van der Waals surface area contributed by atoms with Gasteiger partial charge < -0.3 is 29.7 Å². The van der Waals surface area contributed by atoms with E-state index < -0.39 is 0 Å². The van der Waals surface area contributed by atoms with Gasteiger partial charge in [0, 0.05) is 33.3 Å². The second kappa shape index (κ2) is 16.6. The Bertz CT molecular complexity index is 804. The van der Waals surface area contributed by atoms with Crippen LogP contribution in [0.1, 0.15) is 18.1 Å². The van der Waals surface area contributed by atoms with E-state index in [-0.39, 0.29) is 24.0 Å². The van der Waals surface area contributed by atoms with Crippen molar-refractivity contribution in [3.05, 3.63) is 59.7 Å². The van der Waals surface area contributed by atoms with Crippen molar-refractivity contribution in [2.45, 2.75) is 20.0 Å². The number of halogens is 1. The number of hydrogen-bond acceptors (Lipinski definition) is 5. The Kier molecular flexibility index (Phi) is 14.5. The highest BCUT2D eigenvalue weighted by atomic mass is 127. The highest BCUT2D eigenvalue weighted by Gasteiger charge is 2.03. The smallest absolute Gasteiger partial charge is 0.191 e. The second-order valence-corrected chi connectivity index (χ2v) is 7.19. The maximum Gasteiger partial charge on any atom is 0.191 e. The van der Waals surface area contributed by atoms with E-state index in [1.54, 1.807) is 14.2 Å². The molecule has 0 heterocycles. The molecule has 0 spiro atoms. The topological polar surface area (TPSA) is 67.4 Å². The largest absolute Gasteiger partial charge is 0.497 e. The van der Waals surface area contributed by atoms with Crippen molar-refractivity contribution >= 4 is 29.9 Å². The van der Waals surface area contributed by atoms with Gasteiger partial charge in [0.25, 0.3) is 0 Å². The van der Waals surface area contributed by atoms with Crippen molar-refractivity contribution in [1.29, 1.82) is 0 Å². The number of methoxy groups -OCH3 is 2. The van der Waals surface area contributed by atoms with Crippen molar-refractivity contribution in [3.8, 4) is 11.5 Å². The van der Waals surface area contributed by atoms with Gasteiger partial charge in [0.1, 0.15) is 18.1 Å². The zero-order valence-corrected chi connectivity index (χ0v) is 21.9. The van der Waals surface area contributed by atoms with Crippen LogP contribution in [0.5, 0.6) is 11.5 Å². The molecule has 0 saturated heterocycles. The quantitative estimate of drug-likeness (QED) is 0.224. The van der Waals surface area contributed by atoms with Gasteiger partial charge in [0.2, 0.25) is 0 Å². The molecule has 2 N–H and O–H groups in total. The molecule has 0 atom stereocenters. The van der Waals surface area contributed by atoms with Crippen molar-refractivity contribution in [2.24, 2.45) is 4.99 Å². The highest BCUT2D eigenvalue weighted by molar-refractivity contribution is 14.0. The van der Waals surface area contributed by atoms with E-state index in [9.17, 15) is 0 Å². The van der Waals surface area contributed by atoms with Crippen LogP contribution in [0.4, 0.5) is 0 Å². The molecule has 178 valence electrons. The van der Waals surface area contributed by atoms with Crippen LogP contribution >= 0.6 is 24.0 Å². The van der Waals surface area contributed by atoms with Crippen molar-refractivity contribution in [2.75, 3.05) is 54.1 Å². The molecule has 0 unspecified atom stereocenters. The normalized spacial score (nSPS) is 11.1. The minimum atomic E-state index is 0. The van der Waals surface area contributed by atoms with Crippen LogP contribution in [0.2, 0.25) is 0 Å². The zero-order chi connectivity index (χ0) is 22.3. The lowest BCUT2D eigenvalue weighted by atomic mass is 10.2. The molecule has 0 aliphatic heterocycles. The molecule has 0 aromatic heterocycles. The average Bonchev–Trinajstić information content (AvgIpc) is 2.80. The van der Waals surface area contributed by atoms with Gasteiger partial charge in [0.15, 0.2) is 5.96 Å².